The number of nitrogens with zero attached hydrogens (tertiary/aromatic N) is 1. The molecule has 30 heavy (non-hydrogen) atoms. The Bertz CT molecular complexity index is 912. The van der Waals surface area contributed by atoms with Crippen molar-refractivity contribution in [1.82, 2.24) is 10.2 Å². The van der Waals surface area contributed by atoms with Crippen molar-refractivity contribution < 1.29 is 19.1 Å². The van der Waals surface area contributed by atoms with Crippen LogP contribution in [-0.4, -0.2) is 48.9 Å². The van der Waals surface area contributed by atoms with Gasteiger partial charge in [0, 0.05) is 37.6 Å². The van der Waals surface area contributed by atoms with Crippen LogP contribution in [0.15, 0.2) is 12.1 Å². The maximum absolute atomic E-state index is 13.5. The number of likely N-dealkylation sites (tertiary alicyclic amines) is 1. The lowest BCUT2D eigenvalue weighted by Crippen LogP contribution is -2.53. The van der Waals surface area contributed by atoms with E-state index in [1.807, 2.05) is 26.0 Å². The number of hydrogen-bond acceptors (Lipinski definition) is 5. The molecule has 1 aromatic carbocycles. The summed E-state index contributed by atoms with van der Waals surface area (Å²) in [6, 6.07) is 3.69. The van der Waals surface area contributed by atoms with Crippen LogP contribution < -0.4 is 10.6 Å². The summed E-state index contributed by atoms with van der Waals surface area (Å²) in [5.41, 5.74) is 2.44. The molecule has 4 atom stereocenters. The smallest absolute Gasteiger partial charge is 0.250 e. The zero-order valence-corrected chi connectivity index (χ0v) is 18.4. The molecule has 7 nitrogen and oxygen atoms in total. The maximum Gasteiger partial charge on any atom is 0.250 e. The van der Waals surface area contributed by atoms with Gasteiger partial charge < -0.3 is 10.1 Å². The molecule has 4 unspecified atom stereocenters. The summed E-state index contributed by atoms with van der Waals surface area (Å²) in [7, 11) is 1.60. The first-order chi connectivity index (χ1) is 14.2. The van der Waals surface area contributed by atoms with E-state index in [1.165, 1.54) is 4.90 Å². The van der Waals surface area contributed by atoms with Gasteiger partial charge in [0.15, 0.2) is 0 Å². The highest BCUT2D eigenvalue weighted by molar-refractivity contribution is 6.15. The summed E-state index contributed by atoms with van der Waals surface area (Å²) in [4.78, 5) is 41.7. The Morgan fingerprint density at radius 1 is 1.17 bits per heavy atom. The van der Waals surface area contributed by atoms with Crippen LogP contribution in [0.4, 0.5) is 5.69 Å². The van der Waals surface area contributed by atoms with Crippen LogP contribution in [0, 0.1) is 31.6 Å². The molecule has 0 aromatic heterocycles. The number of imide groups is 1. The zero-order chi connectivity index (χ0) is 21.8. The zero-order valence-electron chi connectivity index (χ0n) is 18.4. The Morgan fingerprint density at radius 3 is 2.57 bits per heavy atom. The van der Waals surface area contributed by atoms with Crippen molar-refractivity contribution in [3.63, 3.8) is 0 Å². The summed E-state index contributed by atoms with van der Waals surface area (Å²) in [6.45, 7) is 8.97. The van der Waals surface area contributed by atoms with Gasteiger partial charge in [-0.3, -0.25) is 24.6 Å². The van der Waals surface area contributed by atoms with Gasteiger partial charge in [0.05, 0.1) is 11.8 Å². The van der Waals surface area contributed by atoms with Gasteiger partial charge in [0.25, 0.3) is 0 Å². The third-order valence-electron chi connectivity index (χ3n) is 6.97. The molecule has 1 spiro atoms. The van der Waals surface area contributed by atoms with E-state index in [2.05, 4.69) is 24.5 Å². The number of methoxy groups -OCH3 is 1. The Morgan fingerprint density at radius 2 is 1.90 bits per heavy atom. The lowest BCUT2D eigenvalue weighted by molar-refractivity contribution is -0.143. The Labute approximate surface area is 177 Å². The number of aryl methyl sites for hydroxylation is 1. The molecule has 2 fully saturated rings. The van der Waals surface area contributed by atoms with Crippen molar-refractivity contribution >= 4 is 23.4 Å². The molecule has 7 heteroatoms. The predicted octanol–water partition coefficient (Wildman–Crippen LogP) is 2.11. The van der Waals surface area contributed by atoms with Crippen LogP contribution in [0.1, 0.15) is 43.4 Å². The first-order valence-electron chi connectivity index (χ1n) is 10.8. The molecule has 1 aromatic rings. The van der Waals surface area contributed by atoms with E-state index in [0.717, 1.165) is 28.8 Å². The average Bonchev–Trinajstić information content (AvgIpc) is 3.25. The minimum absolute atomic E-state index is 0.166. The summed E-state index contributed by atoms with van der Waals surface area (Å²) in [5, 5.41) is 6.52. The summed E-state index contributed by atoms with van der Waals surface area (Å²) in [5.74, 6) is -1.57. The monoisotopic (exact) mass is 413 g/mol. The van der Waals surface area contributed by atoms with Gasteiger partial charge >= 0.3 is 0 Å². The van der Waals surface area contributed by atoms with Gasteiger partial charge in [-0.2, -0.15) is 0 Å². The van der Waals surface area contributed by atoms with Crippen molar-refractivity contribution in [3.8, 4) is 0 Å². The van der Waals surface area contributed by atoms with E-state index in [1.54, 1.807) is 7.11 Å². The molecular formula is C23H31N3O4. The van der Waals surface area contributed by atoms with Crippen molar-refractivity contribution in [2.75, 3.05) is 25.6 Å². The number of carbonyl (C=O) groups is 3. The van der Waals surface area contributed by atoms with Crippen molar-refractivity contribution in [3.05, 3.63) is 28.8 Å². The SMILES string of the molecule is COCCCN1C(=O)C2C(CC(C)C)NC3(C(=O)Nc4c3ccc(C)c4C)C2C1=O. The van der Waals surface area contributed by atoms with E-state index >= 15 is 0 Å². The fourth-order valence-electron chi connectivity index (χ4n) is 5.48. The fourth-order valence-corrected chi connectivity index (χ4v) is 5.48. The van der Waals surface area contributed by atoms with Crippen LogP contribution in [0.5, 0.6) is 0 Å². The highest BCUT2D eigenvalue weighted by Crippen LogP contribution is 2.54. The van der Waals surface area contributed by atoms with Gasteiger partial charge in [-0.25, -0.2) is 0 Å². The first-order valence-corrected chi connectivity index (χ1v) is 10.8. The fraction of sp³-hybridized carbons (Fsp3) is 0.609. The molecule has 0 saturated carbocycles. The molecule has 3 aliphatic rings. The molecule has 3 aliphatic heterocycles. The quantitative estimate of drug-likeness (QED) is 0.551. The highest BCUT2D eigenvalue weighted by Gasteiger charge is 2.70. The van der Waals surface area contributed by atoms with Gasteiger partial charge in [-0.05, 0) is 43.7 Å². The van der Waals surface area contributed by atoms with Crippen LogP contribution >= 0.6 is 0 Å². The molecule has 0 bridgehead atoms. The van der Waals surface area contributed by atoms with Gasteiger partial charge in [-0.1, -0.05) is 26.0 Å². The first kappa shape index (κ1) is 21.0. The number of amides is 3. The maximum atomic E-state index is 13.5. The summed E-state index contributed by atoms with van der Waals surface area (Å²) < 4.78 is 5.10. The predicted molar refractivity (Wildman–Crippen MR) is 113 cm³/mol. The Kier molecular flexibility index (Phi) is 5.22. The molecule has 0 radical (unpaired) electrons. The van der Waals surface area contributed by atoms with Crippen LogP contribution in [0.25, 0.3) is 0 Å². The summed E-state index contributed by atoms with van der Waals surface area (Å²) in [6.07, 6.45) is 1.31. The molecule has 3 amide bonds. The summed E-state index contributed by atoms with van der Waals surface area (Å²) >= 11 is 0. The van der Waals surface area contributed by atoms with Gasteiger partial charge in [-0.15, -0.1) is 0 Å². The Balaban J connectivity index is 1.81. The van der Waals surface area contributed by atoms with Gasteiger partial charge in [0.1, 0.15) is 5.54 Å². The molecule has 3 heterocycles. The second-order valence-electron chi connectivity index (χ2n) is 9.25. The van der Waals surface area contributed by atoms with E-state index in [4.69, 9.17) is 4.74 Å². The van der Waals surface area contributed by atoms with Crippen molar-refractivity contribution in [2.24, 2.45) is 17.8 Å². The van der Waals surface area contributed by atoms with Crippen LogP contribution in [-0.2, 0) is 24.7 Å². The second kappa shape index (κ2) is 7.46. The van der Waals surface area contributed by atoms with Crippen LogP contribution in [0.3, 0.4) is 0 Å². The highest BCUT2D eigenvalue weighted by atomic mass is 16.5. The number of ether oxygens (including phenoxy) is 1. The molecule has 162 valence electrons. The minimum Gasteiger partial charge on any atom is -0.385 e. The van der Waals surface area contributed by atoms with E-state index in [0.29, 0.717) is 25.5 Å². The third-order valence-corrected chi connectivity index (χ3v) is 6.97. The topological polar surface area (TPSA) is 87.7 Å². The second-order valence-corrected chi connectivity index (χ2v) is 9.25. The molecule has 4 rings (SSSR count). The number of hydrogen-bond donors (Lipinski definition) is 2. The van der Waals surface area contributed by atoms with Gasteiger partial charge in [0.2, 0.25) is 17.7 Å². The largest absolute Gasteiger partial charge is 0.385 e. The lowest BCUT2D eigenvalue weighted by Gasteiger charge is -2.30. The number of carbonyl (C=O) groups excluding carboxylic acids is 3. The van der Waals surface area contributed by atoms with Crippen LogP contribution in [0.2, 0.25) is 0 Å². The standard InChI is InChI=1S/C23H31N3O4/c1-12(2)11-16-17-18(21(28)26(20(17)27)9-6-10-30-5)23(25-16)15-8-7-13(3)14(4)19(15)24-22(23)29/h7-8,12,16-18,25H,6,9-11H2,1-5H3,(H,24,29). The number of rotatable bonds is 6. The van der Waals surface area contributed by atoms with E-state index in [-0.39, 0.29) is 23.8 Å². The van der Waals surface area contributed by atoms with E-state index < -0.39 is 17.4 Å². The number of anilines is 1. The molecule has 2 saturated heterocycles. The van der Waals surface area contributed by atoms with Crippen molar-refractivity contribution in [1.29, 1.82) is 0 Å². The minimum atomic E-state index is -1.19. The van der Waals surface area contributed by atoms with Crippen molar-refractivity contribution in [2.45, 2.75) is 52.1 Å². The number of fused-ring (bicyclic) bond motifs is 4. The normalized spacial score (nSPS) is 29.9. The molecule has 0 aliphatic carbocycles. The molecular weight excluding hydrogens is 382 g/mol. The average molecular weight is 414 g/mol. The molecule has 2 N–H and O–H groups in total. The Hall–Kier alpha value is -2.25. The lowest BCUT2D eigenvalue weighted by atomic mass is 9.75. The number of nitrogens with one attached hydrogen (secondary N) is 2. The third kappa shape index (κ3) is 2.82. The van der Waals surface area contributed by atoms with E-state index in [9.17, 15) is 14.4 Å². The number of benzene rings is 1.